The molecular weight excluding hydrogens is 382 g/mol. The molecule has 0 bridgehead atoms. The first-order valence-electron chi connectivity index (χ1n) is 10.1. The number of carbonyl (C=O) groups is 2. The molecule has 1 amide bonds. The van der Waals surface area contributed by atoms with Crippen LogP contribution < -0.4 is 5.32 Å². The van der Waals surface area contributed by atoms with Gasteiger partial charge in [-0.2, -0.15) is 10.2 Å². The van der Waals surface area contributed by atoms with Gasteiger partial charge in [0.05, 0.1) is 37.8 Å². The second-order valence-corrected chi connectivity index (χ2v) is 7.54. The van der Waals surface area contributed by atoms with E-state index in [1.165, 1.54) is 7.11 Å². The van der Waals surface area contributed by atoms with E-state index in [-0.39, 0.29) is 12.5 Å². The van der Waals surface area contributed by atoms with Crippen molar-refractivity contribution in [2.75, 3.05) is 7.11 Å². The molecule has 1 N–H and O–H groups in total. The first-order chi connectivity index (χ1) is 14.5. The topological polar surface area (TPSA) is 91.0 Å². The van der Waals surface area contributed by atoms with Crippen molar-refractivity contribution in [2.24, 2.45) is 0 Å². The molecule has 4 rings (SSSR count). The van der Waals surface area contributed by atoms with E-state index in [1.807, 2.05) is 40.8 Å². The van der Waals surface area contributed by atoms with Crippen LogP contribution in [0.3, 0.4) is 0 Å². The summed E-state index contributed by atoms with van der Waals surface area (Å²) in [6.45, 7) is 3.61. The third-order valence-electron chi connectivity index (χ3n) is 5.29. The zero-order valence-corrected chi connectivity index (χ0v) is 17.2. The highest BCUT2D eigenvalue weighted by Gasteiger charge is 2.26. The number of amides is 1. The number of hydrogen-bond acceptors (Lipinski definition) is 5. The Morgan fingerprint density at radius 2 is 2.00 bits per heavy atom. The van der Waals surface area contributed by atoms with Gasteiger partial charge in [-0.15, -0.1) is 0 Å². The van der Waals surface area contributed by atoms with Gasteiger partial charge in [-0.05, 0) is 49.4 Å². The Kier molecular flexibility index (Phi) is 5.65. The number of hydrogen-bond donors (Lipinski definition) is 1. The van der Waals surface area contributed by atoms with Crippen LogP contribution in [0, 0.1) is 6.92 Å². The van der Waals surface area contributed by atoms with Gasteiger partial charge in [0.15, 0.2) is 0 Å². The van der Waals surface area contributed by atoms with Crippen molar-refractivity contribution < 1.29 is 14.3 Å². The van der Waals surface area contributed by atoms with Crippen LogP contribution in [-0.4, -0.2) is 38.5 Å². The highest BCUT2D eigenvalue weighted by Crippen LogP contribution is 2.22. The van der Waals surface area contributed by atoms with Crippen LogP contribution in [0.25, 0.3) is 0 Å². The Morgan fingerprint density at radius 3 is 2.70 bits per heavy atom. The standard InChI is InChI=1S/C22H25N5O3/c1-15-11-24-26(13-15)14-16-6-8-17(9-7-16)21(28)23-12-18-20(22(29)30-2)19-5-3-4-10-27(19)25-18/h6-9,11,13H,3-5,10,12,14H2,1-2H3,(H,23,28). The van der Waals surface area contributed by atoms with Crippen LogP contribution in [0.4, 0.5) is 0 Å². The molecule has 3 heterocycles. The van der Waals surface area contributed by atoms with E-state index < -0.39 is 5.97 Å². The Labute approximate surface area is 174 Å². The zero-order chi connectivity index (χ0) is 21.1. The van der Waals surface area contributed by atoms with Crippen molar-refractivity contribution in [1.82, 2.24) is 24.9 Å². The van der Waals surface area contributed by atoms with Gasteiger partial charge in [-0.25, -0.2) is 4.79 Å². The number of nitrogens with one attached hydrogen (secondary N) is 1. The summed E-state index contributed by atoms with van der Waals surface area (Å²) in [6, 6.07) is 7.42. The smallest absolute Gasteiger partial charge is 0.341 e. The van der Waals surface area contributed by atoms with Crippen molar-refractivity contribution in [3.8, 4) is 0 Å². The molecule has 1 aromatic carbocycles. The monoisotopic (exact) mass is 407 g/mol. The predicted molar refractivity (Wildman–Crippen MR) is 110 cm³/mol. The van der Waals surface area contributed by atoms with Gasteiger partial charge in [0, 0.05) is 18.3 Å². The molecule has 8 heteroatoms. The van der Waals surface area contributed by atoms with Crippen LogP contribution in [0.15, 0.2) is 36.7 Å². The molecule has 156 valence electrons. The Morgan fingerprint density at radius 1 is 1.20 bits per heavy atom. The highest BCUT2D eigenvalue weighted by molar-refractivity contribution is 5.95. The van der Waals surface area contributed by atoms with Crippen molar-refractivity contribution in [2.45, 2.75) is 45.8 Å². The van der Waals surface area contributed by atoms with Crippen molar-refractivity contribution in [3.63, 3.8) is 0 Å². The fourth-order valence-electron chi connectivity index (χ4n) is 3.77. The molecule has 30 heavy (non-hydrogen) atoms. The van der Waals surface area contributed by atoms with Gasteiger partial charge >= 0.3 is 5.97 Å². The summed E-state index contributed by atoms with van der Waals surface area (Å²) in [6.07, 6.45) is 6.64. The summed E-state index contributed by atoms with van der Waals surface area (Å²) in [4.78, 5) is 24.9. The molecule has 0 radical (unpaired) electrons. The number of benzene rings is 1. The molecule has 8 nitrogen and oxygen atoms in total. The van der Waals surface area contributed by atoms with Gasteiger partial charge in [0.2, 0.25) is 0 Å². The average Bonchev–Trinajstić information content (AvgIpc) is 3.34. The summed E-state index contributed by atoms with van der Waals surface area (Å²) in [7, 11) is 1.36. The lowest BCUT2D eigenvalue weighted by atomic mass is 10.0. The number of rotatable bonds is 6. The van der Waals surface area contributed by atoms with Gasteiger partial charge < -0.3 is 10.1 Å². The van der Waals surface area contributed by atoms with Crippen molar-refractivity contribution >= 4 is 11.9 Å². The van der Waals surface area contributed by atoms with Crippen LogP contribution >= 0.6 is 0 Å². The summed E-state index contributed by atoms with van der Waals surface area (Å²) in [5.41, 5.74) is 4.66. The molecule has 1 aliphatic rings. The van der Waals surface area contributed by atoms with E-state index in [4.69, 9.17) is 4.74 Å². The van der Waals surface area contributed by atoms with Gasteiger partial charge in [-0.1, -0.05) is 12.1 Å². The summed E-state index contributed by atoms with van der Waals surface area (Å²) in [5, 5.41) is 11.7. The molecule has 0 atom stereocenters. The number of aryl methyl sites for hydroxylation is 2. The summed E-state index contributed by atoms with van der Waals surface area (Å²) >= 11 is 0. The maximum absolute atomic E-state index is 12.6. The quantitative estimate of drug-likeness (QED) is 0.634. The van der Waals surface area contributed by atoms with Crippen molar-refractivity contribution in [1.29, 1.82) is 0 Å². The molecule has 0 saturated carbocycles. The number of methoxy groups -OCH3 is 1. The molecule has 2 aromatic heterocycles. The van der Waals surface area contributed by atoms with Gasteiger partial charge in [-0.3, -0.25) is 14.2 Å². The van der Waals surface area contributed by atoms with E-state index in [1.54, 1.807) is 12.1 Å². The number of fused-ring (bicyclic) bond motifs is 1. The maximum Gasteiger partial charge on any atom is 0.341 e. The first-order valence-corrected chi connectivity index (χ1v) is 10.1. The fraction of sp³-hybridized carbons (Fsp3) is 0.364. The first kappa shape index (κ1) is 19.9. The zero-order valence-electron chi connectivity index (χ0n) is 17.2. The molecule has 0 unspecified atom stereocenters. The van der Waals surface area contributed by atoms with Crippen LogP contribution in [-0.2, 0) is 30.8 Å². The van der Waals surface area contributed by atoms with Crippen LogP contribution in [0.5, 0.6) is 0 Å². The lowest BCUT2D eigenvalue weighted by molar-refractivity contribution is 0.0597. The van der Waals surface area contributed by atoms with Crippen LogP contribution in [0.1, 0.15) is 56.1 Å². The van der Waals surface area contributed by atoms with Crippen LogP contribution in [0.2, 0.25) is 0 Å². The average molecular weight is 407 g/mol. The molecule has 0 aliphatic carbocycles. The third kappa shape index (κ3) is 4.12. The maximum atomic E-state index is 12.6. The fourth-order valence-corrected chi connectivity index (χ4v) is 3.77. The Hall–Kier alpha value is -3.42. The number of esters is 1. The van der Waals surface area contributed by atoms with Gasteiger partial charge in [0.1, 0.15) is 5.56 Å². The van der Waals surface area contributed by atoms with E-state index in [0.29, 0.717) is 23.4 Å². The second-order valence-electron chi connectivity index (χ2n) is 7.54. The SMILES string of the molecule is COC(=O)c1c(CNC(=O)c2ccc(Cn3cc(C)cn3)cc2)nn2c1CCCC2. The summed E-state index contributed by atoms with van der Waals surface area (Å²) in [5.74, 6) is -0.612. The Bertz CT molecular complexity index is 1070. The normalized spacial score (nSPS) is 13.0. The van der Waals surface area contributed by atoms with E-state index >= 15 is 0 Å². The lowest BCUT2D eigenvalue weighted by Crippen LogP contribution is -2.24. The van der Waals surface area contributed by atoms with Crippen molar-refractivity contribution in [3.05, 3.63) is 70.3 Å². The number of ether oxygens (including phenoxy) is 1. The number of carbonyl (C=O) groups excluding carboxylic acids is 2. The molecule has 3 aromatic rings. The molecule has 0 spiro atoms. The second kappa shape index (κ2) is 8.52. The molecule has 1 aliphatic heterocycles. The predicted octanol–water partition coefficient (Wildman–Crippen LogP) is 2.49. The number of nitrogens with zero attached hydrogens (tertiary/aromatic N) is 4. The van der Waals surface area contributed by atoms with E-state index in [9.17, 15) is 9.59 Å². The minimum atomic E-state index is -0.402. The molecule has 0 saturated heterocycles. The molecule has 0 fully saturated rings. The Balaban J connectivity index is 1.43. The minimum Gasteiger partial charge on any atom is -0.465 e. The lowest BCUT2D eigenvalue weighted by Gasteiger charge is -2.13. The number of aromatic nitrogens is 4. The summed E-state index contributed by atoms with van der Waals surface area (Å²) < 4.78 is 8.67. The molecular formula is C22H25N5O3. The van der Waals surface area contributed by atoms with E-state index in [0.717, 1.165) is 42.6 Å². The highest BCUT2D eigenvalue weighted by atomic mass is 16.5. The van der Waals surface area contributed by atoms with Gasteiger partial charge in [0.25, 0.3) is 5.91 Å². The largest absolute Gasteiger partial charge is 0.465 e. The van der Waals surface area contributed by atoms with E-state index in [2.05, 4.69) is 15.5 Å². The minimum absolute atomic E-state index is 0.178. The third-order valence-corrected chi connectivity index (χ3v) is 5.29.